The number of aliphatic hydroxyl groups excluding tert-OH is 1. The molecule has 0 bridgehead atoms. The van der Waals surface area contributed by atoms with Crippen molar-refractivity contribution in [3.05, 3.63) is 0 Å². The lowest BCUT2D eigenvalue weighted by molar-refractivity contribution is -0.0964. The average Bonchev–Trinajstić information content (AvgIpc) is 2.19. The van der Waals surface area contributed by atoms with Crippen molar-refractivity contribution in [3.8, 4) is 0 Å². The first kappa shape index (κ1) is 13.0. The summed E-state index contributed by atoms with van der Waals surface area (Å²) in [5.74, 6) is 0.554. The Kier molecular flexibility index (Phi) is 4.60. The van der Waals surface area contributed by atoms with E-state index in [0.717, 1.165) is 0 Å². The maximum absolute atomic E-state index is 10.3. The highest BCUT2D eigenvalue weighted by molar-refractivity contribution is 4.86. The van der Waals surface area contributed by atoms with Crippen LogP contribution in [0.25, 0.3) is 0 Å². The smallest absolute Gasteiger partial charge is 0.0863 e. The monoisotopic (exact) mass is 214 g/mol. The highest BCUT2D eigenvalue weighted by atomic mass is 16.5. The molecule has 0 heterocycles. The summed E-state index contributed by atoms with van der Waals surface area (Å²) in [6, 6.07) is 0. The van der Waals surface area contributed by atoms with E-state index in [1.807, 2.05) is 0 Å². The van der Waals surface area contributed by atoms with E-state index in [0.29, 0.717) is 5.92 Å². The molecule has 0 aliphatic heterocycles. The molecule has 2 heteroatoms. The van der Waals surface area contributed by atoms with Gasteiger partial charge in [-0.3, -0.25) is 0 Å². The average molecular weight is 214 g/mol. The summed E-state index contributed by atoms with van der Waals surface area (Å²) in [6.45, 7) is 6.23. The van der Waals surface area contributed by atoms with Crippen molar-refractivity contribution < 1.29 is 9.84 Å². The van der Waals surface area contributed by atoms with Crippen LogP contribution in [-0.2, 0) is 4.74 Å². The molecular weight excluding hydrogens is 188 g/mol. The maximum atomic E-state index is 10.3. The highest BCUT2D eigenvalue weighted by Gasteiger charge is 2.36. The van der Waals surface area contributed by atoms with Gasteiger partial charge in [0.25, 0.3) is 0 Å². The fraction of sp³-hybridized carbons (Fsp3) is 1.00. The van der Waals surface area contributed by atoms with Crippen LogP contribution < -0.4 is 0 Å². The van der Waals surface area contributed by atoms with Gasteiger partial charge in [-0.05, 0) is 24.2 Å². The number of hydrogen-bond acceptors (Lipinski definition) is 2. The molecule has 1 aliphatic carbocycles. The summed E-state index contributed by atoms with van der Waals surface area (Å²) in [5.41, 5.74) is -0.0852. The van der Waals surface area contributed by atoms with Crippen LogP contribution in [-0.4, -0.2) is 24.4 Å². The lowest BCUT2D eigenvalue weighted by Crippen LogP contribution is -2.43. The largest absolute Gasteiger partial charge is 0.390 e. The van der Waals surface area contributed by atoms with Gasteiger partial charge in [0, 0.05) is 7.11 Å². The van der Waals surface area contributed by atoms with Gasteiger partial charge in [-0.15, -0.1) is 0 Å². The molecule has 0 amide bonds. The third-order valence-electron chi connectivity index (χ3n) is 3.59. The molecule has 2 atom stereocenters. The third kappa shape index (κ3) is 3.46. The molecule has 1 N–H and O–H groups in total. The zero-order chi connectivity index (χ0) is 11.5. The number of ether oxygens (including phenoxy) is 1. The van der Waals surface area contributed by atoms with Crippen molar-refractivity contribution in [3.63, 3.8) is 0 Å². The van der Waals surface area contributed by atoms with Gasteiger partial charge in [0.15, 0.2) is 0 Å². The SMILES string of the molecule is COC(C1CCCCC1)C(O)C(C)(C)C. The molecule has 0 radical (unpaired) electrons. The molecule has 1 fully saturated rings. The predicted octanol–water partition coefficient (Wildman–Crippen LogP) is 2.99. The van der Waals surface area contributed by atoms with Crippen molar-refractivity contribution in [2.45, 2.75) is 65.1 Å². The minimum absolute atomic E-state index is 0.0188. The Morgan fingerprint density at radius 1 is 1.13 bits per heavy atom. The summed E-state index contributed by atoms with van der Waals surface area (Å²) in [5, 5.41) is 10.3. The maximum Gasteiger partial charge on any atom is 0.0863 e. The van der Waals surface area contributed by atoms with Gasteiger partial charge < -0.3 is 9.84 Å². The van der Waals surface area contributed by atoms with Crippen LogP contribution in [0.5, 0.6) is 0 Å². The van der Waals surface area contributed by atoms with Gasteiger partial charge in [-0.1, -0.05) is 40.0 Å². The number of methoxy groups -OCH3 is 1. The van der Waals surface area contributed by atoms with E-state index >= 15 is 0 Å². The van der Waals surface area contributed by atoms with Crippen LogP contribution in [0.3, 0.4) is 0 Å². The summed E-state index contributed by atoms with van der Waals surface area (Å²) in [7, 11) is 1.73. The van der Waals surface area contributed by atoms with E-state index in [1.165, 1.54) is 32.1 Å². The molecule has 0 spiro atoms. The molecule has 15 heavy (non-hydrogen) atoms. The van der Waals surface area contributed by atoms with Crippen molar-refractivity contribution in [1.82, 2.24) is 0 Å². The second kappa shape index (κ2) is 5.31. The Labute approximate surface area is 94.0 Å². The van der Waals surface area contributed by atoms with Crippen LogP contribution in [0.1, 0.15) is 52.9 Å². The second-order valence-electron chi connectivity index (χ2n) is 5.91. The van der Waals surface area contributed by atoms with Gasteiger partial charge in [-0.25, -0.2) is 0 Å². The number of hydrogen-bond donors (Lipinski definition) is 1. The second-order valence-corrected chi connectivity index (χ2v) is 5.91. The van der Waals surface area contributed by atoms with Crippen LogP contribution in [0.2, 0.25) is 0 Å². The quantitative estimate of drug-likeness (QED) is 0.782. The van der Waals surface area contributed by atoms with Gasteiger partial charge in [0.05, 0.1) is 12.2 Å². The molecule has 1 saturated carbocycles. The molecule has 1 rings (SSSR count). The first-order valence-electron chi connectivity index (χ1n) is 6.17. The topological polar surface area (TPSA) is 29.5 Å². The Hall–Kier alpha value is -0.0800. The molecule has 2 nitrogen and oxygen atoms in total. The van der Waals surface area contributed by atoms with Crippen LogP contribution in [0.4, 0.5) is 0 Å². The van der Waals surface area contributed by atoms with Crippen molar-refractivity contribution in [2.75, 3.05) is 7.11 Å². The zero-order valence-corrected chi connectivity index (χ0v) is 10.6. The summed E-state index contributed by atoms with van der Waals surface area (Å²) in [6.07, 6.45) is 6.02. The zero-order valence-electron chi connectivity index (χ0n) is 10.6. The minimum atomic E-state index is -0.356. The Morgan fingerprint density at radius 2 is 1.67 bits per heavy atom. The first-order valence-corrected chi connectivity index (χ1v) is 6.17. The predicted molar refractivity (Wildman–Crippen MR) is 62.8 cm³/mol. The molecule has 0 saturated heterocycles. The molecular formula is C13H26O2. The lowest BCUT2D eigenvalue weighted by atomic mass is 9.76. The van der Waals surface area contributed by atoms with Crippen LogP contribution >= 0.6 is 0 Å². The van der Waals surface area contributed by atoms with Crippen LogP contribution in [0, 0.1) is 11.3 Å². The van der Waals surface area contributed by atoms with E-state index in [2.05, 4.69) is 20.8 Å². The molecule has 90 valence electrons. The van der Waals surface area contributed by atoms with E-state index < -0.39 is 0 Å². The first-order chi connectivity index (χ1) is 6.96. The van der Waals surface area contributed by atoms with Gasteiger partial charge in [-0.2, -0.15) is 0 Å². The summed E-state index contributed by atoms with van der Waals surface area (Å²) in [4.78, 5) is 0. The summed E-state index contributed by atoms with van der Waals surface area (Å²) >= 11 is 0. The van der Waals surface area contributed by atoms with E-state index in [1.54, 1.807) is 7.11 Å². The Bertz CT molecular complexity index is 177. The fourth-order valence-electron chi connectivity index (χ4n) is 2.53. The normalized spacial score (nSPS) is 23.8. The molecule has 0 aromatic carbocycles. The Morgan fingerprint density at radius 3 is 2.07 bits per heavy atom. The van der Waals surface area contributed by atoms with Crippen LogP contribution in [0.15, 0.2) is 0 Å². The molecule has 2 unspecified atom stereocenters. The van der Waals surface area contributed by atoms with E-state index in [-0.39, 0.29) is 17.6 Å². The number of aliphatic hydroxyl groups is 1. The number of rotatable bonds is 3. The van der Waals surface area contributed by atoms with E-state index in [4.69, 9.17) is 4.74 Å². The summed E-state index contributed by atoms with van der Waals surface area (Å²) < 4.78 is 5.53. The van der Waals surface area contributed by atoms with Gasteiger partial charge in [0.1, 0.15) is 0 Å². The standard InChI is InChI=1S/C13H26O2/c1-13(2,3)12(14)11(15-4)10-8-6-5-7-9-10/h10-12,14H,5-9H2,1-4H3. The van der Waals surface area contributed by atoms with Crippen molar-refractivity contribution >= 4 is 0 Å². The minimum Gasteiger partial charge on any atom is -0.390 e. The van der Waals surface area contributed by atoms with Crippen molar-refractivity contribution in [1.29, 1.82) is 0 Å². The van der Waals surface area contributed by atoms with Crippen molar-refractivity contribution in [2.24, 2.45) is 11.3 Å². The molecule has 1 aliphatic rings. The highest BCUT2D eigenvalue weighted by Crippen LogP contribution is 2.34. The Balaban J connectivity index is 2.60. The van der Waals surface area contributed by atoms with Gasteiger partial charge in [0.2, 0.25) is 0 Å². The van der Waals surface area contributed by atoms with E-state index in [9.17, 15) is 5.11 Å². The molecule has 0 aromatic rings. The fourth-order valence-corrected chi connectivity index (χ4v) is 2.53. The third-order valence-corrected chi connectivity index (χ3v) is 3.59. The molecule has 0 aromatic heterocycles. The van der Waals surface area contributed by atoms with Gasteiger partial charge >= 0.3 is 0 Å². The lowest BCUT2D eigenvalue weighted by Gasteiger charge is -2.38.